The number of benzene rings is 1. The smallest absolute Gasteiger partial charge is 0.339 e. The molecule has 1 aromatic rings. The highest BCUT2D eigenvalue weighted by atomic mass is 35.5. The molecule has 1 unspecified atom stereocenters. The first kappa shape index (κ1) is 14.8. The largest absolute Gasteiger partial charge is 0.465 e. The van der Waals surface area contributed by atoms with Crippen LogP contribution in [-0.2, 0) is 9.53 Å². The molecular formula is C14H17ClN2O3. The first-order valence-corrected chi connectivity index (χ1v) is 6.86. The summed E-state index contributed by atoms with van der Waals surface area (Å²) in [5.41, 5.74) is 0.690. The van der Waals surface area contributed by atoms with Crippen LogP contribution < -0.4 is 10.6 Å². The average molecular weight is 297 g/mol. The molecule has 2 rings (SSSR count). The van der Waals surface area contributed by atoms with Crippen molar-refractivity contribution >= 4 is 29.2 Å². The predicted molar refractivity (Wildman–Crippen MR) is 77.0 cm³/mol. The van der Waals surface area contributed by atoms with Crippen molar-refractivity contribution in [1.29, 1.82) is 0 Å². The van der Waals surface area contributed by atoms with Gasteiger partial charge in [-0.3, -0.25) is 4.79 Å². The number of hydrogen-bond donors (Lipinski definition) is 2. The number of ether oxygens (including phenoxy) is 1. The van der Waals surface area contributed by atoms with Crippen LogP contribution in [0.2, 0.25) is 5.02 Å². The highest BCUT2D eigenvalue weighted by Crippen LogP contribution is 2.23. The second kappa shape index (κ2) is 6.72. The lowest BCUT2D eigenvalue weighted by Gasteiger charge is -2.12. The monoisotopic (exact) mass is 296 g/mol. The quantitative estimate of drug-likeness (QED) is 0.835. The van der Waals surface area contributed by atoms with Gasteiger partial charge in [-0.15, -0.1) is 0 Å². The van der Waals surface area contributed by atoms with E-state index in [2.05, 4.69) is 15.4 Å². The topological polar surface area (TPSA) is 67.4 Å². The first-order chi connectivity index (χ1) is 9.60. The number of amides is 1. The second-order valence-corrected chi connectivity index (χ2v) is 5.23. The maximum atomic E-state index is 12.0. The van der Waals surface area contributed by atoms with Crippen LogP contribution in [0.5, 0.6) is 0 Å². The summed E-state index contributed by atoms with van der Waals surface area (Å²) < 4.78 is 4.69. The summed E-state index contributed by atoms with van der Waals surface area (Å²) in [6, 6.07) is 4.68. The third-order valence-electron chi connectivity index (χ3n) is 3.30. The summed E-state index contributed by atoms with van der Waals surface area (Å²) in [7, 11) is 1.30. The number of halogens is 1. The van der Waals surface area contributed by atoms with Crippen LogP contribution in [0.1, 0.15) is 23.2 Å². The van der Waals surface area contributed by atoms with Gasteiger partial charge in [0.2, 0.25) is 5.91 Å². The molecule has 1 atom stereocenters. The van der Waals surface area contributed by atoms with Gasteiger partial charge in [0.05, 0.1) is 18.4 Å². The third kappa shape index (κ3) is 3.71. The van der Waals surface area contributed by atoms with Gasteiger partial charge >= 0.3 is 5.97 Å². The maximum Gasteiger partial charge on any atom is 0.339 e. The molecule has 0 aromatic heterocycles. The van der Waals surface area contributed by atoms with Gasteiger partial charge in [0.15, 0.2) is 0 Å². The minimum absolute atomic E-state index is 0.119. The van der Waals surface area contributed by atoms with E-state index >= 15 is 0 Å². The van der Waals surface area contributed by atoms with Crippen LogP contribution in [0.3, 0.4) is 0 Å². The Bertz CT molecular complexity index is 513. The Labute approximate surface area is 122 Å². The molecule has 0 spiro atoms. The molecule has 0 radical (unpaired) electrons. The molecule has 1 saturated heterocycles. The number of rotatable bonds is 4. The number of carbonyl (C=O) groups is 2. The molecule has 1 aliphatic heterocycles. The Morgan fingerprint density at radius 1 is 1.50 bits per heavy atom. The van der Waals surface area contributed by atoms with E-state index in [1.165, 1.54) is 7.11 Å². The van der Waals surface area contributed by atoms with Crippen LogP contribution in [0, 0.1) is 5.92 Å². The molecule has 2 N–H and O–H groups in total. The van der Waals surface area contributed by atoms with Gasteiger partial charge in [0, 0.05) is 11.4 Å². The van der Waals surface area contributed by atoms with Crippen molar-refractivity contribution < 1.29 is 14.3 Å². The molecule has 1 heterocycles. The Hall–Kier alpha value is -1.59. The van der Waals surface area contributed by atoms with Gasteiger partial charge < -0.3 is 15.4 Å². The lowest BCUT2D eigenvalue weighted by molar-refractivity contribution is -0.116. The number of hydrogen-bond acceptors (Lipinski definition) is 4. The molecule has 1 aromatic carbocycles. The van der Waals surface area contributed by atoms with E-state index in [0.29, 0.717) is 28.6 Å². The first-order valence-electron chi connectivity index (χ1n) is 6.48. The van der Waals surface area contributed by atoms with E-state index < -0.39 is 5.97 Å². The fraction of sp³-hybridized carbons (Fsp3) is 0.429. The lowest BCUT2D eigenvalue weighted by atomic mass is 10.0. The van der Waals surface area contributed by atoms with Crippen LogP contribution in [-0.4, -0.2) is 32.1 Å². The van der Waals surface area contributed by atoms with Gasteiger partial charge in [-0.2, -0.15) is 0 Å². The van der Waals surface area contributed by atoms with Crippen molar-refractivity contribution in [2.75, 3.05) is 25.5 Å². The molecule has 1 amide bonds. The summed E-state index contributed by atoms with van der Waals surface area (Å²) in [6.07, 6.45) is 1.42. The van der Waals surface area contributed by atoms with E-state index in [-0.39, 0.29) is 5.91 Å². The maximum absolute atomic E-state index is 12.0. The summed E-state index contributed by atoms with van der Waals surface area (Å²) in [4.78, 5) is 23.7. The van der Waals surface area contributed by atoms with Crippen molar-refractivity contribution in [3.05, 3.63) is 28.8 Å². The zero-order valence-corrected chi connectivity index (χ0v) is 12.0. The van der Waals surface area contributed by atoms with E-state index in [1.54, 1.807) is 18.2 Å². The third-order valence-corrected chi connectivity index (χ3v) is 3.53. The van der Waals surface area contributed by atoms with Gasteiger partial charge in [-0.25, -0.2) is 4.79 Å². The molecule has 1 aliphatic rings. The highest BCUT2D eigenvalue weighted by molar-refractivity contribution is 6.31. The number of carbonyl (C=O) groups excluding carboxylic acids is 2. The SMILES string of the molecule is COC(=O)c1ccc(Cl)cc1NC(=O)CC1CCNC1. The summed E-state index contributed by atoms with van der Waals surface area (Å²) >= 11 is 5.91. The fourth-order valence-electron chi connectivity index (χ4n) is 2.26. The van der Waals surface area contributed by atoms with Crippen LogP contribution in [0.15, 0.2) is 18.2 Å². The van der Waals surface area contributed by atoms with Crippen molar-refractivity contribution in [1.82, 2.24) is 5.32 Å². The number of esters is 1. The molecule has 5 nitrogen and oxygen atoms in total. The Morgan fingerprint density at radius 2 is 2.30 bits per heavy atom. The van der Waals surface area contributed by atoms with Crippen LogP contribution in [0.4, 0.5) is 5.69 Å². The zero-order valence-electron chi connectivity index (χ0n) is 11.2. The van der Waals surface area contributed by atoms with E-state index in [4.69, 9.17) is 11.6 Å². The average Bonchev–Trinajstić information content (AvgIpc) is 2.90. The van der Waals surface area contributed by atoms with Gasteiger partial charge in [-0.1, -0.05) is 11.6 Å². The van der Waals surface area contributed by atoms with E-state index in [1.807, 2.05) is 0 Å². The molecule has 0 saturated carbocycles. The number of methoxy groups -OCH3 is 1. The van der Waals surface area contributed by atoms with Crippen LogP contribution >= 0.6 is 11.6 Å². The Balaban J connectivity index is 2.08. The molecule has 108 valence electrons. The molecule has 1 fully saturated rings. The Morgan fingerprint density at radius 3 is 2.95 bits per heavy atom. The molecule has 0 aliphatic carbocycles. The summed E-state index contributed by atoms with van der Waals surface area (Å²) in [5.74, 6) is -0.276. The van der Waals surface area contributed by atoms with E-state index in [9.17, 15) is 9.59 Å². The molecule has 0 bridgehead atoms. The molecule has 6 heteroatoms. The van der Waals surface area contributed by atoms with Gasteiger partial charge in [0.25, 0.3) is 0 Å². The number of anilines is 1. The predicted octanol–water partition coefficient (Wildman–Crippen LogP) is 2.06. The molecule has 20 heavy (non-hydrogen) atoms. The summed E-state index contributed by atoms with van der Waals surface area (Å²) in [5, 5.41) is 6.41. The van der Waals surface area contributed by atoms with Crippen molar-refractivity contribution in [2.45, 2.75) is 12.8 Å². The normalized spacial score (nSPS) is 17.8. The lowest BCUT2D eigenvalue weighted by Crippen LogP contribution is -2.19. The van der Waals surface area contributed by atoms with Gasteiger partial charge in [0.1, 0.15) is 0 Å². The van der Waals surface area contributed by atoms with Crippen molar-refractivity contribution in [2.24, 2.45) is 5.92 Å². The van der Waals surface area contributed by atoms with Crippen molar-refractivity contribution in [3.63, 3.8) is 0 Å². The minimum atomic E-state index is -0.500. The summed E-state index contributed by atoms with van der Waals surface area (Å²) in [6.45, 7) is 1.80. The van der Waals surface area contributed by atoms with Crippen LogP contribution in [0.25, 0.3) is 0 Å². The number of nitrogens with one attached hydrogen (secondary N) is 2. The van der Waals surface area contributed by atoms with Gasteiger partial charge in [-0.05, 0) is 43.6 Å². The van der Waals surface area contributed by atoms with Crippen molar-refractivity contribution in [3.8, 4) is 0 Å². The highest BCUT2D eigenvalue weighted by Gasteiger charge is 2.20. The van der Waals surface area contributed by atoms with E-state index in [0.717, 1.165) is 19.5 Å². The second-order valence-electron chi connectivity index (χ2n) is 4.79. The molecular weight excluding hydrogens is 280 g/mol. The fourth-order valence-corrected chi connectivity index (χ4v) is 2.43. The zero-order chi connectivity index (χ0) is 14.5. The Kier molecular flexibility index (Phi) is 4.98. The minimum Gasteiger partial charge on any atom is -0.465 e. The standard InChI is InChI=1S/C14H17ClN2O3/c1-20-14(19)11-3-2-10(15)7-12(11)17-13(18)6-9-4-5-16-8-9/h2-3,7,9,16H,4-6,8H2,1H3,(H,17,18).